The quantitative estimate of drug-likeness (QED) is 0.122. The highest BCUT2D eigenvalue weighted by molar-refractivity contribution is 6.31. The molecule has 0 radical (unpaired) electrons. The molecule has 2 aromatic carbocycles. The first-order valence-electron chi connectivity index (χ1n) is 22.7. The lowest BCUT2D eigenvalue weighted by molar-refractivity contribution is -0.111. The van der Waals surface area contributed by atoms with E-state index in [-0.39, 0.29) is 34.6 Å². The van der Waals surface area contributed by atoms with Crippen molar-refractivity contribution >= 4 is 57.8 Å². The van der Waals surface area contributed by atoms with Gasteiger partial charge in [-0.15, -0.1) is 0 Å². The molecule has 3 aromatic heterocycles. The minimum absolute atomic E-state index is 0.0544. The zero-order valence-corrected chi connectivity index (χ0v) is 39.0. The summed E-state index contributed by atoms with van der Waals surface area (Å²) < 4.78 is 3.59. The minimum atomic E-state index is -0.399. The number of benzene rings is 2. The maximum absolute atomic E-state index is 14.0. The van der Waals surface area contributed by atoms with Crippen LogP contribution in [0.2, 0.25) is 5.02 Å². The molecule has 1 aliphatic carbocycles. The van der Waals surface area contributed by atoms with Gasteiger partial charge in [0.15, 0.2) is 5.82 Å². The highest BCUT2D eigenvalue weighted by Crippen LogP contribution is 2.41. The van der Waals surface area contributed by atoms with E-state index in [1.807, 2.05) is 30.3 Å². The van der Waals surface area contributed by atoms with Crippen LogP contribution in [-0.2, 0) is 37.8 Å². The molecule has 0 bridgehead atoms. The normalized spacial score (nSPS) is 20.7. The Bertz CT molecular complexity index is 2760. The summed E-state index contributed by atoms with van der Waals surface area (Å²) in [6, 6.07) is 16.8. The third-order valence-corrected chi connectivity index (χ3v) is 14.4. The van der Waals surface area contributed by atoms with Crippen LogP contribution in [0.5, 0.6) is 0 Å². The molecule has 340 valence electrons. The van der Waals surface area contributed by atoms with Crippen molar-refractivity contribution < 1.29 is 14.7 Å². The molecule has 15 heteroatoms. The number of piperazine rings is 1. The van der Waals surface area contributed by atoms with Crippen molar-refractivity contribution in [3.8, 4) is 11.3 Å². The standard InChI is InChI=1S/C50H59ClN10O4/c1-8-45(63)54-40-24-34(9-12-42(40)59-18-17-57(27-32(59)4)35-14-16-58(31(3)22-35)36-10-11-39(51)30(2)21-36)53-46-49(65)56(7)28-41(55-46)37-13-15-52-47(38(37)29-62)61-20-19-60-43(48(61)64)23-33-25-50(5,6)26-44(33)60/h8-13,15,21,23-24,28,31-32,35,62H,1,14,16-20,22,25-27,29H2,2-7H3,(H,53,55)(H,54,63)/t31-,32-,35?/m0/s1. The largest absolute Gasteiger partial charge is 0.392 e. The molecule has 14 nitrogen and oxygen atoms in total. The van der Waals surface area contributed by atoms with Gasteiger partial charge in [0.25, 0.3) is 11.5 Å². The molecule has 2 amide bonds. The second-order valence-corrected chi connectivity index (χ2v) is 19.5. The molecule has 3 N–H and O–H groups in total. The average Bonchev–Trinajstić information content (AvgIpc) is 3.78. The molecule has 3 atom stereocenters. The van der Waals surface area contributed by atoms with Crippen LogP contribution in [0.1, 0.15) is 73.4 Å². The second-order valence-electron chi connectivity index (χ2n) is 19.1. The van der Waals surface area contributed by atoms with Crippen molar-refractivity contribution in [1.29, 1.82) is 0 Å². The molecule has 0 saturated carbocycles. The van der Waals surface area contributed by atoms with Crippen LogP contribution >= 0.6 is 11.6 Å². The van der Waals surface area contributed by atoms with Crippen molar-refractivity contribution in [2.45, 2.75) is 91.6 Å². The SMILES string of the molecule is C=CC(=O)Nc1cc(Nc2nc(-c3ccnc(N4CCn5c(cc6c5CC(C)(C)C6)C4=O)c3CO)cn(C)c2=O)ccc1N1CCN(C2CCN(c3ccc(Cl)c(C)c3)[C@@H](C)C2)C[C@@H]1C. The number of piperidine rings is 1. The van der Waals surface area contributed by atoms with Gasteiger partial charge in [-0.25, -0.2) is 9.97 Å². The van der Waals surface area contributed by atoms with Crippen LogP contribution in [0, 0.1) is 12.3 Å². The topological polar surface area (TPSA) is 144 Å². The maximum Gasteiger partial charge on any atom is 0.293 e. The van der Waals surface area contributed by atoms with Gasteiger partial charge >= 0.3 is 0 Å². The van der Waals surface area contributed by atoms with E-state index in [0.717, 1.165) is 68.1 Å². The summed E-state index contributed by atoms with van der Waals surface area (Å²) >= 11 is 6.34. The summed E-state index contributed by atoms with van der Waals surface area (Å²) in [7, 11) is 1.65. The third-order valence-electron chi connectivity index (χ3n) is 13.9. The molecule has 1 unspecified atom stereocenters. The predicted molar refractivity (Wildman–Crippen MR) is 259 cm³/mol. The van der Waals surface area contributed by atoms with E-state index in [2.05, 4.69) is 88.2 Å². The van der Waals surface area contributed by atoms with Crippen LogP contribution in [0.25, 0.3) is 11.3 Å². The zero-order chi connectivity index (χ0) is 45.9. The number of amides is 2. The van der Waals surface area contributed by atoms with Gasteiger partial charge in [-0.2, -0.15) is 0 Å². The number of halogens is 1. The highest BCUT2D eigenvalue weighted by atomic mass is 35.5. The van der Waals surface area contributed by atoms with E-state index in [1.54, 1.807) is 30.4 Å². The number of hydrogen-bond acceptors (Lipinski definition) is 10. The van der Waals surface area contributed by atoms with E-state index >= 15 is 0 Å². The Hall–Kier alpha value is -5.96. The Balaban J connectivity index is 0.933. The van der Waals surface area contributed by atoms with Gasteiger partial charge < -0.3 is 34.7 Å². The van der Waals surface area contributed by atoms with Crippen LogP contribution in [-0.4, -0.2) is 91.8 Å². The molecule has 65 heavy (non-hydrogen) atoms. The molecule has 2 saturated heterocycles. The summed E-state index contributed by atoms with van der Waals surface area (Å²) in [6.45, 7) is 18.9. The van der Waals surface area contributed by atoms with Crippen molar-refractivity contribution in [2.75, 3.05) is 58.1 Å². The summed E-state index contributed by atoms with van der Waals surface area (Å²) in [5, 5.41) is 17.9. The molecule has 5 aromatic rings. The number of aryl methyl sites for hydroxylation is 2. The number of fused-ring (bicyclic) bond motifs is 3. The number of carbonyl (C=O) groups excluding carboxylic acids is 2. The van der Waals surface area contributed by atoms with E-state index in [1.165, 1.54) is 27.6 Å². The van der Waals surface area contributed by atoms with Gasteiger partial charge in [-0.3, -0.25) is 24.2 Å². The monoisotopic (exact) mass is 898 g/mol. The summed E-state index contributed by atoms with van der Waals surface area (Å²) in [6.07, 6.45) is 8.47. The van der Waals surface area contributed by atoms with Gasteiger partial charge in [0.05, 0.1) is 23.7 Å². The number of aliphatic hydroxyl groups is 1. The smallest absolute Gasteiger partial charge is 0.293 e. The van der Waals surface area contributed by atoms with Crippen LogP contribution in [0.3, 0.4) is 0 Å². The fourth-order valence-corrected chi connectivity index (χ4v) is 10.8. The second kappa shape index (κ2) is 17.4. The van der Waals surface area contributed by atoms with E-state index in [0.29, 0.717) is 64.9 Å². The number of anilines is 6. The Kier molecular flexibility index (Phi) is 11.9. The minimum Gasteiger partial charge on any atom is -0.392 e. The first kappa shape index (κ1) is 44.3. The Morgan fingerprint density at radius 3 is 2.55 bits per heavy atom. The molecule has 3 aliphatic heterocycles. The Labute approximate surface area is 385 Å². The fraction of sp³-hybridized carbons (Fsp3) is 0.420. The van der Waals surface area contributed by atoms with E-state index in [9.17, 15) is 19.5 Å². The average molecular weight is 900 g/mol. The number of aliphatic hydroxyl groups excluding tert-OH is 1. The number of hydrogen-bond donors (Lipinski definition) is 3. The molecular formula is C50H59ClN10O4. The fourth-order valence-electron chi connectivity index (χ4n) is 10.7. The number of rotatable bonds is 10. The van der Waals surface area contributed by atoms with Crippen LogP contribution < -0.4 is 30.9 Å². The lowest BCUT2D eigenvalue weighted by Crippen LogP contribution is -2.58. The zero-order valence-electron chi connectivity index (χ0n) is 38.2. The van der Waals surface area contributed by atoms with Gasteiger partial charge in [0.2, 0.25) is 5.91 Å². The number of pyridine rings is 1. The first-order chi connectivity index (χ1) is 31.1. The van der Waals surface area contributed by atoms with Crippen LogP contribution in [0.4, 0.5) is 34.4 Å². The van der Waals surface area contributed by atoms with Crippen molar-refractivity contribution in [1.82, 2.24) is 24.0 Å². The van der Waals surface area contributed by atoms with E-state index in [4.69, 9.17) is 16.6 Å². The summed E-state index contributed by atoms with van der Waals surface area (Å²) in [4.78, 5) is 59.1. The van der Waals surface area contributed by atoms with Gasteiger partial charge in [-0.05, 0) is 118 Å². The molecular weight excluding hydrogens is 840 g/mol. The molecule has 9 rings (SSSR count). The third kappa shape index (κ3) is 8.43. The van der Waals surface area contributed by atoms with Crippen molar-refractivity contribution in [2.24, 2.45) is 12.5 Å². The van der Waals surface area contributed by atoms with Gasteiger partial charge in [0.1, 0.15) is 11.5 Å². The van der Waals surface area contributed by atoms with Gasteiger partial charge in [0, 0.05) is 110 Å². The molecule has 0 spiro atoms. The predicted octanol–water partition coefficient (Wildman–Crippen LogP) is 7.32. The summed E-state index contributed by atoms with van der Waals surface area (Å²) in [5.74, 6) is -0.0843. The number of carbonyl (C=O) groups is 2. The summed E-state index contributed by atoms with van der Waals surface area (Å²) in [5.41, 5.74) is 8.62. The van der Waals surface area contributed by atoms with E-state index < -0.39 is 6.61 Å². The Morgan fingerprint density at radius 1 is 1.00 bits per heavy atom. The van der Waals surface area contributed by atoms with Crippen molar-refractivity contribution in [3.63, 3.8) is 0 Å². The Morgan fingerprint density at radius 2 is 1.82 bits per heavy atom. The lowest BCUT2D eigenvalue weighted by Gasteiger charge is -2.48. The molecule has 6 heterocycles. The molecule has 2 fully saturated rings. The first-order valence-corrected chi connectivity index (χ1v) is 23.1. The lowest BCUT2D eigenvalue weighted by atomic mass is 9.90. The highest BCUT2D eigenvalue weighted by Gasteiger charge is 2.38. The van der Waals surface area contributed by atoms with Gasteiger partial charge in [-0.1, -0.05) is 32.0 Å². The van der Waals surface area contributed by atoms with Crippen molar-refractivity contribution in [3.05, 3.63) is 117 Å². The number of nitrogens with one attached hydrogen (secondary N) is 2. The number of nitrogens with zero attached hydrogens (tertiary/aromatic N) is 8. The molecule has 4 aliphatic rings. The number of aromatic nitrogens is 4. The maximum atomic E-state index is 14.0. The van der Waals surface area contributed by atoms with Crippen LogP contribution in [0.15, 0.2) is 78.4 Å².